The van der Waals surface area contributed by atoms with Crippen LogP contribution in [0.15, 0.2) is 67.3 Å². The average molecular weight is 441 g/mol. The number of aromatic nitrogens is 2. The molecule has 31 heavy (non-hydrogen) atoms. The summed E-state index contributed by atoms with van der Waals surface area (Å²) >= 11 is 0. The van der Waals surface area contributed by atoms with Crippen LogP contribution in [0, 0.1) is 0 Å². The third-order valence-electron chi connectivity index (χ3n) is 5.07. The van der Waals surface area contributed by atoms with E-state index in [-0.39, 0.29) is 18.9 Å². The lowest BCUT2D eigenvalue weighted by Gasteiger charge is -2.20. The van der Waals surface area contributed by atoms with Crippen molar-refractivity contribution >= 4 is 21.6 Å². The zero-order valence-electron chi connectivity index (χ0n) is 17.1. The summed E-state index contributed by atoms with van der Waals surface area (Å²) in [4.78, 5) is 16.9. The Morgan fingerprint density at radius 2 is 2.00 bits per heavy atom. The zero-order chi connectivity index (χ0) is 21.8. The third kappa shape index (κ3) is 5.05. The van der Waals surface area contributed by atoms with Gasteiger partial charge in [0, 0.05) is 38.4 Å². The maximum absolute atomic E-state index is 12.8. The maximum atomic E-state index is 12.8. The Bertz CT molecular complexity index is 1160. The Kier molecular flexibility index (Phi) is 5.94. The Morgan fingerprint density at radius 3 is 2.77 bits per heavy atom. The van der Waals surface area contributed by atoms with Crippen molar-refractivity contribution in [2.24, 2.45) is 0 Å². The number of rotatable bonds is 6. The number of hydrogen-bond acceptors (Lipinski definition) is 5. The van der Waals surface area contributed by atoms with E-state index in [0.29, 0.717) is 24.5 Å². The second-order valence-electron chi connectivity index (χ2n) is 7.47. The standard InChI is InChI=1S/C22H24N4O4S/c1-31(28,29)26-11-9-21(30-20-8-3-2-7-19(20)26)22(27)24-14-17-5-4-6-18(13-17)15-25-12-10-23-16-25/h2-8,10,12-13,16,21H,9,11,14-15H2,1H3,(H,24,27). The first-order chi connectivity index (χ1) is 14.9. The normalized spacial score (nSPS) is 16.2. The van der Waals surface area contributed by atoms with Crippen molar-refractivity contribution in [3.63, 3.8) is 0 Å². The van der Waals surface area contributed by atoms with Gasteiger partial charge in [-0.2, -0.15) is 0 Å². The van der Waals surface area contributed by atoms with Crippen molar-refractivity contribution in [2.75, 3.05) is 17.1 Å². The summed E-state index contributed by atoms with van der Waals surface area (Å²) in [6.45, 7) is 1.23. The molecule has 9 heteroatoms. The molecular weight excluding hydrogens is 416 g/mol. The van der Waals surface area contributed by atoms with Crippen molar-refractivity contribution in [3.8, 4) is 5.75 Å². The molecule has 0 saturated carbocycles. The van der Waals surface area contributed by atoms with Crippen molar-refractivity contribution < 1.29 is 17.9 Å². The SMILES string of the molecule is CS(=O)(=O)N1CCC(C(=O)NCc2cccc(Cn3ccnc3)c2)Oc2ccccc21. The fraction of sp³-hybridized carbons (Fsp3) is 0.273. The number of sulfonamides is 1. The number of benzene rings is 2. The van der Waals surface area contributed by atoms with E-state index in [0.717, 1.165) is 17.4 Å². The van der Waals surface area contributed by atoms with Crippen molar-refractivity contribution in [3.05, 3.63) is 78.4 Å². The topological polar surface area (TPSA) is 93.5 Å². The van der Waals surface area contributed by atoms with Crippen molar-refractivity contribution in [1.82, 2.24) is 14.9 Å². The number of ether oxygens (including phenoxy) is 1. The molecule has 4 rings (SSSR count). The number of anilines is 1. The van der Waals surface area contributed by atoms with Crippen LogP contribution < -0.4 is 14.4 Å². The highest BCUT2D eigenvalue weighted by atomic mass is 32.2. The zero-order valence-corrected chi connectivity index (χ0v) is 18.0. The predicted molar refractivity (Wildman–Crippen MR) is 117 cm³/mol. The molecule has 1 N–H and O–H groups in total. The minimum absolute atomic E-state index is 0.175. The molecule has 1 aliphatic heterocycles. The second-order valence-corrected chi connectivity index (χ2v) is 9.38. The number of nitrogens with zero attached hydrogens (tertiary/aromatic N) is 3. The van der Waals surface area contributed by atoms with Crippen LogP contribution >= 0.6 is 0 Å². The molecule has 1 unspecified atom stereocenters. The van der Waals surface area contributed by atoms with Gasteiger partial charge in [-0.25, -0.2) is 13.4 Å². The summed E-state index contributed by atoms with van der Waals surface area (Å²) in [5.41, 5.74) is 2.53. The van der Waals surface area contributed by atoms with Crippen LogP contribution in [0.2, 0.25) is 0 Å². The number of para-hydroxylation sites is 2. The molecular formula is C22H24N4O4S. The van der Waals surface area contributed by atoms with E-state index in [1.54, 1.807) is 36.8 Å². The second kappa shape index (κ2) is 8.81. The molecule has 0 bridgehead atoms. The number of nitrogens with one attached hydrogen (secondary N) is 1. The van der Waals surface area contributed by atoms with Crippen LogP contribution in [-0.2, 0) is 27.9 Å². The van der Waals surface area contributed by atoms with Crippen LogP contribution in [0.5, 0.6) is 5.75 Å². The monoisotopic (exact) mass is 440 g/mol. The number of fused-ring (bicyclic) bond motifs is 1. The average Bonchev–Trinajstić information content (AvgIpc) is 3.16. The first-order valence-electron chi connectivity index (χ1n) is 9.95. The highest BCUT2D eigenvalue weighted by Gasteiger charge is 2.30. The first kappa shape index (κ1) is 20.9. The van der Waals surface area contributed by atoms with Gasteiger partial charge in [0.25, 0.3) is 5.91 Å². The van der Waals surface area contributed by atoms with E-state index in [9.17, 15) is 13.2 Å². The molecule has 0 radical (unpaired) electrons. The van der Waals surface area contributed by atoms with Crippen LogP contribution in [0.25, 0.3) is 0 Å². The van der Waals surface area contributed by atoms with Crippen LogP contribution in [-0.4, -0.2) is 42.8 Å². The lowest BCUT2D eigenvalue weighted by atomic mass is 10.1. The third-order valence-corrected chi connectivity index (χ3v) is 6.25. The number of imidazole rings is 1. The minimum Gasteiger partial charge on any atom is -0.478 e. The first-order valence-corrected chi connectivity index (χ1v) is 11.8. The molecule has 1 aromatic heterocycles. The lowest BCUT2D eigenvalue weighted by molar-refractivity contribution is -0.128. The fourth-order valence-electron chi connectivity index (χ4n) is 3.59. The van der Waals surface area contributed by atoms with Crippen molar-refractivity contribution in [1.29, 1.82) is 0 Å². The highest BCUT2D eigenvalue weighted by molar-refractivity contribution is 7.92. The van der Waals surface area contributed by atoms with Gasteiger partial charge in [-0.05, 0) is 23.3 Å². The van der Waals surface area contributed by atoms with E-state index in [4.69, 9.17) is 4.74 Å². The Labute approximate surface area is 181 Å². The summed E-state index contributed by atoms with van der Waals surface area (Å²) in [5, 5.41) is 2.92. The van der Waals surface area contributed by atoms with Gasteiger partial charge in [-0.15, -0.1) is 0 Å². The van der Waals surface area contributed by atoms with Gasteiger partial charge < -0.3 is 14.6 Å². The van der Waals surface area contributed by atoms with Gasteiger partial charge in [0.15, 0.2) is 6.10 Å². The summed E-state index contributed by atoms with van der Waals surface area (Å²) < 4.78 is 33.6. The van der Waals surface area contributed by atoms with Crippen molar-refractivity contribution in [2.45, 2.75) is 25.6 Å². The molecule has 0 fully saturated rings. The van der Waals surface area contributed by atoms with E-state index in [1.807, 2.05) is 35.0 Å². The molecule has 0 aliphatic carbocycles. The summed E-state index contributed by atoms with van der Waals surface area (Å²) in [6.07, 6.45) is 6.03. The van der Waals surface area contributed by atoms with Gasteiger partial charge >= 0.3 is 0 Å². The Hall–Kier alpha value is -3.33. The number of carbonyl (C=O) groups excluding carboxylic acids is 1. The molecule has 2 aromatic carbocycles. The van der Waals surface area contributed by atoms with E-state index < -0.39 is 16.1 Å². The molecule has 8 nitrogen and oxygen atoms in total. The molecule has 162 valence electrons. The number of amides is 1. The number of hydrogen-bond donors (Lipinski definition) is 1. The highest BCUT2D eigenvalue weighted by Crippen LogP contribution is 2.33. The summed E-state index contributed by atoms with van der Waals surface area (Å²) in [5.74, 6) is 0.109. The fourth-order valence-corrected chi connectivity index (χ4v) is 4.54. The minimum atomic E-state index is -3.48. The van der Waals surface area contributed by atoms with Crippen LogP contribution in [0.1, 0.15) is 17.5 Å². The van der Waals surface area contributed by atoms with Gasteiger partial charge in [0.1, 0.15) is 5.75 Å². The summed E-state index contributed by atoms with van der Waals surface area (Å²) in [7, 11) is -3.48. The van der Waals surface area contributed by atoms with Gasteiger partial charge in [-0.1, -0.05) is 36.4 Å². The van der Waals surface area contributed by atoms with Gasteiger partial charge in [0.2, 0.25) is 10.0 Å². The Morgan fingerprint density at radius 1 is 1.19 bits per heavy atom. The van der Waals surface area contributed by atoms with E-state index in [1.165, 1.54) is 4.31 Å². The summed E-state index contributed by atoms with van der Waals surface area (Å²) in [6, 6.07) is 14.8. The molecule has 3 aromatic rings. The molecule has 1 atom stereocenters. The maximum Gasteiger partial charge on any atom is 0.261 e. The molecule has 1 aliphatic rings. The lowest BCUT2D eigenvalue weighted by Crippen LogP contribution is -2.39. The van der Waals surface area contributed by atoms with Gasteiger partial charge in [0.05, 0.1) is 18.3 Å². The largest absolute Gasteiger partial charge is 0.478 e. The quantitative estimate of drug-likeness (QED) is 0.634. The van der Waals surface area contributed by atoms with E-state index >= 15 is 0 Å². The smallest absolute Gasteiger partial charge is 0.261 e. The van der Waals surface area contributed by atoms with Crippen LogP contribution in [0.3, 0.4) is 0 Å². The predicted octanol–water partition coefficient (Wildman–Crippen LogP) is 2.16. The Balaban J connectivity index is 1.43. The molecule has 0 saturated heterocycles. The molecule has 0 spiro atoms. The molecule has 1 amide bonds. The molecule has 2 heterocycles. The van der Waals surface area contributed by atoms with Gasteiger partial charge in [-0.3, -0.25) is 9.10 Å². The van der Waals surface area contributed by atoms with E-state index in [2.05, 4.69) is 10.3 Å². The van der Waals surface area contributed by atoms with Crippen LogP contribution in [0.4, 0.5) is 5.69 Å². The number of carbonyl (C=O) groups is 1.